The van der Waals surface area contributed by atoms with E-state index in [1.54, 1.807) is 18.2 Å². The molecule has 4 nitrogen and oxygen atoms in total. The molecule has 0 unspecified atom stereocenters. The number of phenols is 1. The van der Waals surface area contributed by atoms with E-state index in [0.717, 1.165) is 5.56 Å². The number of rotatable bonds is 1. The number of para-hydroxylation sites is 1. The number of aromatic hydroxyl groups is 1. The molecule has 0 radical (unpaired) electrons. The molecule has 2 N–H and O–H groups in total. The zero-order valence-electron chi connectivity index (χ0n) is 7.97. The van der Waals surface area contributed by atoms with Crippen LogP contribution in [0.1, 0.15) is 18.0 Å². The Morgan fingerprint density at radius 2 is 2.13 bits per heavy atom. The van der Waals surface area contributed by atoms with Crippen molar-refractivity contribution < 1.29 is 14.6 Å². The Bertz CT molecular complexity index is 356. The molecule has 1 saturated heterocycles. The fourth-order valence-electron chi connectivity index (χ4n) is 1.54. The summed E-state index contributed by atoms with van der Waals surface area (Å²) in [5, 5.41) is 12.2. The largest absolute Gasteiger partial charge is 0.508 e. The highest BCUT2D eigenvalue weighted by Gasteiger charge is 2.22. The molecule has 1 atom stereocenters. The number of phenolic OH excluding ortho intramolecular Hbond substituents is 1. The third-order valence-corrected chi connectivity index (χ3v) is 2.24. The minimum atomic E-state index is -0.426. The first-order valence-electron chi connectivity index (χ1n) is 4.48. The molecule has 0 aliphatic carbocycles. The van der Waals surface area contributed by atoms with Crippen LogP contribution >= 0.6 is 12.4 Å². The van der Waals surface area contributed by atoms with Gasteiger partial charge in [-0.3, -0.25) is 0 Å². The van der Waals surface area contributed by atoms with Crippen molar-refractivity contribution in [3.63, 3.8) is 0 Å². The van der Waals surface area contributed by atoms with Gasteiger partial charge in [0, 0.05) is 12.0 Å². The summed E-state index contributed by atoms with van der Waals surface area (Å²) in [4.78, 5) is 10.9. The lowest BCUT2D eigenvalue weighted by Gasteiger charge is -2.24. The smallest absolute Gasteiger partial charge is 0.407 e. The molecule has 0 saturated carbocycles. The fourth-order valence-corrected chi connectivity index (χ4v) is 1.54. The summed E-state index contributed by atoms with van der Waals surface area (Å²) in [6.07, 6.45) is 0.257. The molecule has 1 aromatic carbocycles. The van der Waals surface area contributed by atoms with E-state index in [4.69, 9.17) is 4.74 Å². The van der Waals surface area contributed by atoms with Crippen LogP contribution in [0.25, 0.3) is 0 Å². The zero-order chi connectivity index (χ0) is 9.97. The number of cyclic esters (lactones) is 1. The molecular weight excluding hydrogens is 218 g/mol. The first-order chi connectivity index (χ1) is 6.77. The molecule has 1 aromatic rings. The average molecular weight is 230 g/mol. The van der Waals surface area contributed by atoms with Crippen LogP contribution in [0.2, 0.25) is 0 Å². The predicted octanol–water partition coefficient (Wildman–Crippen LogP) is 1.98. The zero-order valence-corrected chi connectivity index (χ0v) is 8.79. The van der Waals surface area contributed by atoms with Gasteiger partial charge in [0.15, 0.2) is 0 Å². The van der Waals surface area contributed by atoms with Crippen LogP contribution in [0, 0.1) is 0 Å². The molecule has 0 bridgehead atoms. The van der Waals surface area contributed by atoms with Gasteiger partial charge in [0.05, 0.1) is 12.6 Å². The highest BCUT2D eigenvalue weighted by Crippen LogP contribution is 2.27. The van der Waals surface area contributed by atoms with Crippen molar-refractivity contribution >= 4 is 18.5 Å². The van der Waals surface area contributed by atoms with E-state index in [9.17, 15) is 9.90 Å². The van der Waals surface area contributed by atoms with Gasteiger partial charge in [-0.05, 0) is 6.07 Å². The summed E-state index contributed by atoms with van der Waals surface area (Å²) in [6, 6.07) is 6.84. The number of alkyl carbamates (subject to hydrolysis) is 1. The number of ether oxygens (including phenoxy) is 1. The van der Waals surface area contributed by atoms with E-state index >= 15 is 0 Å². The van der Waals surface area contributed by atoms with Crippen LogP contribution in [0.4, 0.5) is 4.79 Å². The van der Waals surface area contributed by atoms with Crippen LogP contribution < -0.4 is 5.32 Å². The van der Waals surface area contributed by atoms with Crippen LogP contribution in [0.5, 0.6) is 5.75 Å². The van der Waals surface area contributed by atoms with Crippen LogP contribution in [0.3, 0.4) is 0 Å². The molecule has 1 aliphatic rings. The Hall–Kier alpha value is -1.42. The maximum absolute atomic E-state index is 10.9. The van der Waals surface area contributed by atoms with Crippen molar-refractivity contribution in [3.05, 3.63) is 29.8 Å². The Morgan fingerprint density at radius 1 is 1.40 bits per heavy atom. The van der Waals surface area contributed by atoms with Crippen LogP contribution in [-0.4, -0.2) is 17.8 Å². The van der Waals surface area contributed by atoms with Crippen molar-refractivity contribution in [1.29, 1.82) is 0 Å². The van der Waals surface area contributed by atoms with Gasteiger partial charge in [0.1, 0.15) is 5.75 Å². The van der Waals surface area contributed by atoms with Gasteiger partial charge < -0.3 is 15.2 Å². The minimum Gasteiger partial charge on any atom is -0.508 e. The number of nitrogens with one attached hydrogen (secondary N) is 1. The van der Waals surface area contributed by atoms with Gasteiger partial charge in [0.25, 0.3) is 0 Å². The van der Waals surface area contributed by atoms with E-state index < -0.39 is 6.09 Å². The Morgan fingerprint density at radius 3 is 2.80 bits per heavy atom. The second-order valence-electron chi connectivity index (χ2n) is 3.18. The highest BCUT2D eigenvalue weighted by molar-refractivity contribution is 5.85. The summed E-state index contributed by atoms with van der Waals surface area (Å²) in [6.45, 7) is 0.394. The van der Waals surface area contributed by atoms with E-state index in [2.05, 4.69) is 5.32 Å². The Kier molecular flexibility index (Phi) is 3.80. The van der Waals surface area contributed by atoms with Crippen molar-refractivity contribution in [1.82, 2.24) is 5.32 Å². The van der Waals surface area contributed by atoms with Gasteiger partial charge in [-0.15, -0.1) is 12.4 Å². The maximum Gasteiger partial charge on any atom is 0.407 e. The summed E-state index contributed by atoms with van der Waals surface area (Å²) in [5.74, 6) is 0.208. The first kappa shape index (κ1) is 11.7. The second kappa shape index (κ2) is 4.89. The molecule has 5 heteroatoms. The summed E-state index contributed by atoms with van der Waals surface area (Å²) < 4.78 is 4.74. The number of hydrogen-bond acceptors (Lipinski definition) is 3. The lowest BCUT2D eigenvalue weighted by atomic mass is 10.0. The number of carbonyl (C=O) groups is 1. The average Bonchev–Trinajstić information content (AvgIpc) is 2.18. The molecule has 1 fully saturated rings. The molecule has 0 aromatic heterocycles. The third kappa shape index (κ3) is 2.53. The van der Waals surface area contributed by atoms with Crippen LogP contribution in [-0.2, 0) is 4.74 Å². The Balaban J connectivity index is 0.00000112. The van der Waals surface area contributed by atoms with E-state index in [1.807, 2.05) is 6.07 Å². The normalized spacial score (nSPS) is 19.7. The summed E-state index contributed by atoms with van der Waals surface area (Å²) in [7, 11) is 0. The Labute approximate surface area is 93.7 Å². The number of halogens is 1. The third-order valence-electron chi connectivity index (χ3n) is 2.24. The summed E-state index contributed by atoms with van der Waals surface area (Å²) in [5.41, 5.74) is 0.740. The summed E-state index contributed by atoms with van der Waals surface area (Å²) >= 11 is 0. The number of benzene rings is 1. The van der Waals surface area contributed by atoms with Crippen molar-refractivity contribution in [3.8, 4) is 5.75 Å². The van der Waals surface area contributed by atoms with Gasteiger partial charge >= 0.3 is 6.09 Å². The molecule has 1 heterocycles. The van der Waals surface area contributed by atoms with Gasteiger partial charge in [-0.1, -0.05) is 18.2 Å². The molecule has 82 valence electrons. The van der Waals surface area contributed by atoms with E-state index in [1.165, 1.54) is 0 Å². The lowest BCUT2D eigenvalue weighted by molar-refractivity contribution is 0.115. The van der Waals surface area contributed by atoms with Crippen molar-refractivity contribution in [2.24, 2.45) is 0 Å². The van der Waals surface area contributed by atoms with E-state index in [-0.39, 0.29) is 24.2 Å². The lowest BCUT2D eigenvalue weighted by Crippen LogP contribution is -2.35. The minimum absolute atomic E-state index is 0. The maximum atomic E-state index is 10.9. The van der Waals surface area contributed by atoms with Gasteiger partial charge in [0.2, 0.25) is 0 Å². The quantitative estimate of drug-likeness (QED) is 0.774. The molecule has 1 amide bonds. The van der Waals surface area contributed by atoms with Gasteiger partial charge in [-0.2, -0.15) is 0 Å². The highest BCUT2D eigenvalue weighted by atomic mass is 35.5. The van der Waals surface area contributed by atoms with E-state index in [0.29, 0.717) is 13.0 Å². The van der Waals surface area contributed by atoms with Crippen molar-refractivity contribution in [2.75, 3.05) is 6.61 Å². The number of carbonyl (C=O) groups excluding carboxylic acids is 1. The first-order valence-corrected chi connectivity index (χ1v) is 4.48. The van der Waals surface area contributed by atoms with Crippen LogP contribution in [0.15, 0.2) is 24.3 Å². The molecule has 2 rings (SSSR count). The standard InChI is InChI=1S/C10H11NO3.ClH/c12-9-4-2-1-3-7(9)8-5-6-14-10(13)11-8;/h1-4,8,12H,5-6H2,(H,11,13);1H/t8-;/m0./s1. The molecule has 1 aliphatic heterocycles. The number of hydrogen-bond donors (Lipinski definition) is 2. The number of amides is 1. The van der Waals surface area contributed by atoms with Crippen molar-refractivity contribution in [2.45, 2.75) is 12.5 Å². The SMILES string of the molecule is Cl.O=C1N[C@H](c2ccccc2O)CCO1. The molecular formula is C10H12ClNO3. The fraction of sp³-hybridized carbons (Fsp3) is 0.300. The second-order valence-corrected chi connectivity index (χ2v) is 3.18. The predicted molar refractivity (Wildman–Crippen MR) is 57.2 cm³/mol. The molecule has 15 heavy (non-hydrogen) atoms. The molecule has 0 spiro atoms. The monoisotopic (exact) mass is 229 g/mol. The topological polar surface area (TPSA) is 58.6 Å². The van der Waals surface area contributed by atoms with Gasteiger partial charge in [-0.25, -0.2) is 4.79 Å².